The fourth-order valence-corrected chi connectivity index (χ4v) is 5.84. The fourth-order valence-electron chi connectivity index (χ4n) is 5.84. The number of aliphatic hydroxyl groups is 4. The summed E-state index contributed by atoms with van der Waals surface area (Å²) in [5.41, 5.74) is 0. The third-order valence-corrected chi connectivity index (χ3v) is 8.93. The van der Waals surface area contributed by atoms with E-state index in [1.165, 1.54) is 96.3 Å². The van der Waals surface area contributed by atoms with E-state index in [0.717, 1.165) is 44.9 Å². The van der Waals surface area contributed by atoms with Gasteiger partial charge in [0, 0.05) is 13.0 Å². The number of allylic oxidation sites excluding steroid dienone is 2. The molecule has 0 aliphatic carbocycles. The van der Waals surface area contributed by atoms with E-state index in [1.807, 2.05) is 0 Å². The first-order valence-electron chi connectivity index (χ1n) is 19.3. The van der Waals surface area contributed by atoms with E-state index >= 15 is 0 Å². The van der Waals surface area contributed by atoms with Gasteiger partial charge in [0.05, 0.1) is 19.8 Å². The van der Waals surface area contributed by atoms with Crippen molar-refractivity contribution in [3.05, 3.63) is 12.2 Å². The number of rotatable bonds is 32. The standard InChI is InChI=1S/C38H72O9/c1-3-5-7-9-11-13-14-15-16-17-18-19-21-23-25-27-34(40)46-32(30-44-28-26-24-22-20-12-10-8-6-4-2)31-45-38-37(43)36(42)35(41)33(29-39)47-38/h15-16,32-33,35-39,41-43H,3-14,17-31H2,1-2H3/b16-15-. The quantitative estimate of drug-likeness (QED) is 0.0330. The van der Waals surface area contributed by atoms with Gasteiger partial charge in [-0.1, -0.05) is 129 Å². The molecule has 0 saturated carbocycles. The summed E-state index contributed by atoms with van der Waals surface area (Å²) in [6.07, 6.45) is 23.8. The van der Waals surface area contributed by atoms with Gasteiger partial charge in [0.15, 0.2) is 6.29 Å². The van der Waals surface area contributed by atoms with Gasteiger partial charge < -0.3 is 39.4 Å². The first-order chi connectivity index (χ1) is 22.9. The molecule has 1 saturated heterocycles. The Balaban J connectivity index is 2.32. The molecule has 9 nitrogen and oxygen atoms in total. The zero-order valence-corrected chi connectivity index (χ0v) is 30.0. The maximum Gasteiger partial charge on any atom is 0.306 e. The smallest absolute Gasteiger partial charge is 0.306 e. The summed E-state index contributed by atoms with van der Waals surface area (Å²) in [7, 11) is 0. The predicted octanol–water partition coefficient (Wildman–Crippen LogP) is 7.30. The average molecular weight is 673 g/mol. The molecule has 1 aliphatic heterocycles. The minimum atomic E-state index is -1.53. The van der Waals surface area contributed by atoms with Crippen molar-refractivity contribution in [3.63, 3.8) is 0 Å². The Morgan fingerprint density at radius 1 is 0.660 bits per heavy atom. The zero-order chi connectivity index (χ0) is 34.4. The molecule has 9 heteroatoms. The molecule has 6 atom stereocenters. The second-order valence-electron chi connectivity index (χ2n) is 13.4. The van der Waals surface area contributed by atoms with Crippen molar-refractivity contribution in [1.29, 1.82) is 0 Å². The maximum atomic E-state index is 12.7. The molecule has 4 N–H and O–H groups in total. The van der Waals surface area contributed by atoms with Gasteiger partial charge in [-0.15, -0.1) is 0 Å². The zero-order valence-electron chi connectivity index (χ0n) is 30.0. The highest BCUT2D eigenvalue weighted by atomic mass is 16.7. The van der Waals surface area contributed by atoms with E-state index in [9.17, 15) is 25.2 Å². The van der Waals surface area contributed by atoms with Gasteiger partial charge >= 0.3 is 5.97 Å². The number of ether oxygens (including phenoxy) is 4. The van der Waals surface area contributed by atoms with Crippen LogP contribution in [0.1, 0.15) is 162 Å². The molecule has 0 aromatic heterocycles. The highest BCUT2D eigenvalue weighted by Crippen LogP contribution is 2.22. The molecule has 1 aliphatic rings. The number of carbonyl (C=O) groups excluding carboxylic acids is 1. The van der Waals surface area contributed by atoms with Crippen molar-refractivity contribution in [1.82, 2.24) is 0 Å². The van der Waals surface area contributed by atoms with E-state index in [-0.39, 0.29) is 19.2 Å². The summed E-state index contributed by atoms with van der Waals surface area (Å²) in [5.74, 6) is -0.322. The van der Waals surface area contributed by atoms with Gasteiger partial charge in [0.1, 0.15) is 30.5 Å². The fraction of sp³-hybridized carbons (Fsp3) is 0.921. The normalized spacial score (nSPS) is 22.2. The van der Waals surface area contributed by atoms with Crippen LogP contribution in [0.5, 0.6) is 0 Å². The average Bonchev–Trinajstić information content (AvgIpc) is 3.07. The van der Waals surface area contributed by atoms with Crippen LogP contribution in [0.4, 0.5) is 0 Å². The minimum Gasteiger partial charge on any atom is -0.457 e. The molecule has 0 radical (unpaired) electrons. The molecule has 1 rings (SSSR count). The first kappa shape index (κ1) is 44.0. The Kier molecular flexibility index (Phi) is 28.9. The van der Waals surface area contributed by atoms with Gasteiger partial charge in [-0.25, -0.2) is 0 Å². The van der Waals surface area contributed by atoms with Gasteiger partial charge in [0.25, 0.3) is 0 Å². The van der Waals surface area contributed by atoms with Crippen LogP contribution in [0.25, 0.3) is 0 Å². The van der Waals surface area contributed by atoms with Crippen LogP contribution in [-0.4, -0.2) is 89.6 Å². The second kappa shape index (κ2) is 30.9. The molecule has 1 heterocycles. The Hall–Kier alpha value is -1.07. The Labute approximate surface area is 286 Å². The van der Waals surface area contributed by atoms with Crippen molar-refractivity contribution in [2.75, 3.05) is 26.4 Å². The predicted molar refractivity (Wildman–Crippen MR) is 187 cm³/mol. The van der Waals surface area contributed by atoms with Crippen LogP contribution in [0, 0.1) is 0 Å². The topological polar surface area (TPSA) is 135 Å². The van der Waals surface area contributed by atoms with E-state index in [0.29, 0.717) is 13.0 Å². The van der Waals surface area contributed by atoms with Gasteiger partial charge in [-0.05, 0) is 38.5 Å². The number of unbranched alkanes of at least 4 members (excludes halogenated alkanes) is 19. The number of carbonyl (C=O) groups is 1. The number of hydrogen-bond acceptors (Lipinski definition) is 9. The highest BCUT2D eigenvalue weighted by molar-refractivity contribution is 5.69. The molecule has 0 bridgehead atoms. The van der Waals surface area contributed by atoms with Crippen molar-refractivity contribution in [3.8, 4) is 0 Å². The third kappa shape index (κ3) is 23.1. The molecule has 0 aromatic rings. The summed E-state index contributed by atoms with van der Waals surface area (Å²) in [5, 5.41) is 39.9. The molecular formula is C38H72O9. The Bertz CT molecular complexity index is 732. The number of aliphatic hydroxyl groups excluding tert-OH is 4. The van der Waals surface area contributed by atoms with E-state index < -0.39 is 43.4 Å². The summed E-state index contributed by atoms with van der Waals surface area (Å²) in [6, 6.07) is 0. The van der Waals surface area contributed by atoms with Crippen molar-refractivity contribution < 1.29 is 44.2 Å². The monoisotopic (exact) mass is 673 g/mol. The SMILES string of the molecule is CCCCCCCC/C=C\CCCCCCCC(=O)OC(COCCCCCCCCCCC)COC1OC(CO)C(O)C(O)C1O. The molecule has 47 heavy (non-hydrogen) atoms. The third-order valence-electron chi connectivity index (χ3n) is 8.93. The van der Waals surface area contributed by atoms with Crippen LogP contribution < -0.4 is 0 Å². The van der Waals surface area contributed by atoms with Gasteiger partial charge in [0.2, 0.25) is 0 Å². The van der Waals surface area contributed by atoms with Crippen LogP contribution in [0.3, 0.4) is 0 Å². The van der Waals surface area contributed by atoms with Crippen LogP contribution >= 0.6 is 0 Å². The van der Waals surface area contributed by atoms with Crippen LogP contribution in [0.2, 0.25) is 0 Å². The van der Waals surface area contributed by atoms with Crippen molar-refractivity contribution in [2.24, 2.45) is 0 Å². The molecule has 0 aromatic carbocycles. The Morgan fingerprint density at radius 2 is 1.17 bits per heavy atom. The van der Waals surface area contributed by atoms with Crippen LogP contribution in [-0.2, 0) is 23.7 Å². The summed E-state index contributed by atoms with van der Waals surface area (Å²) < 4.78 is 22.6. The lowest BCUT2D eigenvalue weighted by molar-refractivity contribution is -0.305. The molecule has 278 valence electrons. The summed E-state index contributed by atoms with van der Waals surface area (Å²) in [4.78, 5) is 12.7. The summed E-state index contributed by atoms with van der Waals surface area (Å²) in [6.45, 7) is 4.53. The molecule has 6 unspecified atom stereocenters. The summed E-state index contributed by atoms with van der Waals surface area (Å²) >= 11 is 0. The lowest BCUT2D eigenvalue weighted by Crippen LogP contribution is -2.59. The van der Waals surface area contributed by atoms with Crippen molar-refractivity contribution >= 4 is 5.97 Å². The van der Waals surface area contributed by atoms with E-state index in [4.69, 9.17) is 18.9 Å². The molecule has 1 fully saturated rings. The number of hydrogen-bond donors (Lipinski definition) is 4. The lowest BCUT2D eigenvalue weighted by Gasteiger charge is -2.39. The van der Waals surface area contributed by atoms with Crippen LogP contribution in [0.15, 0.2) is 12.2 Å². The maximum absolute atomic E-state index is 12.7. The van der Waals surface area contributed by atoms with Gasteiger partial charge in [-0.2, -0.15) is 0 Å². The highest BCUT2D eigenvalue weighted by Gasteiger charge is 2.44. The van der Waals surface area contributed by atoms with E-state index in [1.54, 1.807) is 0 Å². The number of esters is 1. The lowest BCUT2D eigenvalue weighted by atomic mass is 9.99. The largest absolute Gasteiger partial charge is 0.457 e. The molecule has 0 amide bonds. The van der Waals surface area contributed by atoms with Gasteiger partial charge in [-0.3, -0.25) is 4.79 Å². The van der Waals surface area contributed by atoms with Crippen molar-refractivity contribution in [2.45, 2.75) is 198 Å². The molecular weight excluding hydrogens is 600 g/mol. The first-order valence-corrected chi connectivity index (χ1v) is 19.3. The van der Waals surface area contributed by atoms with E-state index in [2.05, 4.69) is 26.0 Å². The minimum absolute atomic E-state index is 0.113. The second-order valence-corrected chi connectivity index (χ2v) is 13.4. The molecule has 0 spiro atoms. The Morgan fingerprint density at radius 3 is 1.72 bits per heavy atom.